The first-order valence-corrected chi connectivity index (χ1v) is 4.27. The van der Waals surface area contributed by atoms with Crippen LogP contribution in [0.15, 0.2) is 0 Å². The van der Waals surface area contributed by atoms with Gasteiger partial charge in [0.25, 0.3) is 0 Å². The van der Waals surface area contributed by atoms with Crippen LogP contribution in [0.4, 0.5) is 0 Å². The Labute approximate surface area is 92.6 Å². The van der Waals surface area contributed by atoms with Crippen molar-refractivity contribution in [2.45, 2.75) is 25.3 Å². The Kier molecular flexibility index (Phi) is 23.2. The summed E-state index contributed by atoms with van der Waals surface area (Å²) in [5, 5.41) is 19.1. The fourth-order valence-corrected chi connectivity index (χ4v) is 0.632. The summed E-state index contributed by atoms with van der Waals surface area (Å²) in [4.78, 5) is 26.8. The number of nitrogens with two attached hydrogens (primary N) is 2. The number of hydrogen-bond donors (Lipinski definition) is 5. The van der Waals surface area contributed by atoms with Gasteiger partial charge in [0.2, 0.25) is 12.2 Å². The third kappa shape index (κ3) is 29.5. The standard InChI is InChI=1S/C6H14N2O2.2CHNO/c7-4-2-1-3-5(8)6(9)10;2*2-1-3/h5H,1-4,7-8H2,(H,9,10);2*2H. The fourth-order valence-electron chi connectivity index (χ4n) is 0.632. The van der Waals surface area contributed by atoms with Crippen LogP contribution in [-0.2, 0) is 14.4 Å². The molecule has 0 rings (SSSR count). The predicted molar refractivity (Wildman–Crippen MR) is 55.3 cm³/mol. The molecule has 0 aliphatic heterocycles. The number of unbranched alkanes of at least 4 members (excludes halogenated alkanes) is 1. The maximum Gasteiger partial charge on any atom is 0.320 e. The summed E-state index contributed by atoms with van der Waals surface area (Å²) < 4.78 is 0. The van der Waals surface area contributed by atoms with Gasteiger partial charge in [-0.15, -0.1) is 0 Å². The molecular formula is C8H16N4O4. The number of rotatable bonds is 5. The first-order chi connectivity index (χ1) is 7.51. The Morgan fingerprint density at radius 1 is 1.25 bits per heavy atom. The van der Waals surface area contributed by atoms with Gasteiger partial charge >= 0.3 is 5.97 Å². The van der Waals surface area contributed by atoms with E-state index in [-0.39, 0.29) is 0 Å². The van der Waals surface area contributed by atoms with Crippen molar-refractivity contribution in [1.29, 1.82) is 10.8 Å². The lowest BCUT2D eigenvalue weighted by Crippen LogP contribution is -2.29. The highest BCUT2D eigenvalue weighted by atomic mass is 16.4. The molecule has 0 radical (unpaired) electrons. The second-order valence-electron chi connectivity index (χ2n) is 2.43. The topological polar surface area (TPSA) is 171 Å². The Balaban J connectivity index is -0.000000235. The highest BCUT2D eigenvalue weighted by molar-refractivity contribution is 5.72. The zero-order valence-corrected chi connectivity index (χ0v) is 8.73. The van der Waals surface area contributed by atoms with E-state index in [2.05, 4.69) is 0 Å². The molecule has 0 saturated heterocycles. The first-order valence-electron chi connectivity index (χ1n) is 4.27. The number of isocyanates is 2. The average molecular weight is 232 g/mol. The van der Waals surface area contributed by atoms with Crippen molar-refractivity contribution < 1.29 is 19.5 Å². The van der Waals surface area contributed by atoms with E-state index in [1.807, 2.05) is 0 Å². The highest BCUT2D eigenvalue weighted by Crippen LogP contribution is 1.96. The van der Waals surface area contributed by atoms with Crippen LogP contribution in [0.25, 0.3) is 0 Å². The van der Waals surface area contributed by atoms with Gasteiger partial charge in [0, 0.05) is 0 Å². The van der Waals surface area contributed by atoms with Crippen molar-refractivity contribution in [2.24, 2.45) is 11.5 Å². The number of aliphatic carboxylic acids is 1. The van der Waals surface area contributed by atoms with E-state index in [4.69, 9.17) is 37.0 Å². The van der Waals surface area contributed by atoms with Gasteiger partial charge in [-0.05, 0) is 19.4 Å². The van der Waals surface area contributed by atoms with Crippen molar-refractivity contribution >= 4 is 18.1 Å². The van der Waals surface area contributed by atoms with Crippen molar-refractivity contribution in [1.82, 2.24) is 0 Å². The van der Waals surface area contributed by atoms with Crippen molar-refractivity contribution in [3.63, 3.8) is 0 Å². The third-order valence-electron chi connectivity index (χ3n) is 1.29. The fraction of sp³-hybridized carbons (Fsp3) is 0.625. The van der Waals surface area contributed by atoms with E-state index in [1.165, 1.54) is 0 Å². The Hall–Kier alpha value is -1.85. The van der Waals surface area contributed by atoms with Gasteiger partial charge in [0.05, 0.1) is 0 Å². The third-order valence-corrected chi connectivity index (χ3v) is 1.29. The van der Waals surface area contributed by atoms with Gasteiger partial charge in [-0.1, -0.05) is 6.42 Å². The van der Waals surface area contributed by atoms with Crippen LogP contribution in [0, 0.1) is 10.8 Å². The average Bonchev–Trinajstić information content (AvgIpc) is 2.20. The van der Waals surface area contributed by atoms with Crippen molar-refractivity contribution in [3.05, 3.63) is 0 Å². The van der Waals surface area contributed by atoms with Crippen LogP contribution in [-0.4, -0.2) is 35.8 Å². The number of carboxylic acid groups (broad SMARTS) is 1. The van der Waals surface area contributed by atoms with E-state index in [0.29, 0.717) is 13.0 Å². The van der Waals surface area contributed by atoms with Crippen molar-refractivity contribution in [3.8, 4) is 0 Å². The summed E-state index contributed by atoms with van der Waals surface area (Å²) in [6.07, 6.45) is 3.66. The van der Waals surface area contributed by atoms with Gasteiger partial charge in [-0.25, -0.2) is 20.4 Å². The predicted octanol–water partition coefficient (Wildman–Crippen LogP) is -0.671. The van der Waals surface area contributed by atoms with Gasteiger partial charge in [0.15, 0.2) is 0 Å². The minimum absolute atomic E-state index is 0.520. The number of carbonyl (C=O) groups excluding carboxylic acids is 2. The molecule has 0 spiro atoms. The molecule has 16 heavy (non-hydrogen) atoms. The minimum atomic E-state index is -0.933. The molecule has 7 N–H and O–H groups in total. The zero-order chi connectivity index (χ0) is 13.4. The molecule has 0 bridgehead atoms. The Morgan fingerprint density at radius 2 is 1.62 bits per heavy atom. The number of carbonyl (C=O) groups is 1. The van der Waals surface area contributed by atoms with Gasteiger partial charge in [0.1, 0.15) is 6.04 Å². The summed E-state index contributed by atoms with van der Waals surface area (Å²) in [6, 6.07) is -0.716. The summed E-state index contributed by atoms with van der Waals surface area (Å²) in [5.41, 5.74) is 10.4. The molecule has 0 amide bonds. The molecule has 0 saturated carbocycles. The molecule has 92 valence electrons. The van der Waals surface area contributed by atoms with E-state index in [9.17, 15) is 4.79 Å². The van der Waals surface area contributed by atoms with Crippen LogP contribution in [0.2, 0.25) is 0 Å². The molecule has 0 fully saturated rings. The normalized spacial score (nSPS) is 9.12. The number of carboxylic acids is 1. The largest absolute Gasteiger partial charge is 0.480 e. The second-order valence-corrected chi connectivity index (χ2v) is 2.43. The quantitative estimate of drug-likeness (QED) is 0.239. The Morgan fingerprint density at radius 3 is 1.88 bits per heavy atom. The number of hydrogen-bond acceptors (Lipinski definition) is 7. The lowest BCUT2D eigenvalue weighted by Gasteiger charge is -2.03. The molecule has 8 nitrogen and oxygen atoms in total. The van der Waals surface area contributed by atoms with E-state index in [1.54, 1.807) is 0 Å². The molecular weight excluding hydrogens is 216 g/mol. The highest BCUT2D eigenvalue weighted by Gasteiger charge is 2.09. The second kappa shape index (κ2) is 18.8. The van der Waals surface area contributed by atoms with Crippen LogP contribution in [0.1, 0.15) is 19.3 Å². The molecule has 8 heteroatoms. The van der Waals surface area contributed by atoms with Crippen molar-refractivity contribution in [2.75, 3.05) is 6.54 Å². The molecule has 0 aromatic carbocycles. The first kappa shape index (κ1) is 19.7. The van der Waals surface area contributed by atoms with Crippen LogP contribution < -0.4 is 11.5 Å². The molecule has 0 aliphatic rings. The monoisotopic (exact) mass is 232 g/mol. The number of nitrogens with one attached hydrogen (secondary N) is 2. The molecule has 0 heterocycles. The smallest absolute Gasteiger partial charge is 0.320 e. The molecule has 1 atom stereocenters. The molecule has 0 aliphatic carbocycles. The van der Waals surface area contributed by atoms with Gasteiger partial charge < -0.3 is 16.6 Å². The van der Waals surface area contributed by atoms with Gasteiger partial charge in [-0.2, -0.15) is 0 Å². The molecule has 0 aromatic heterocycles. The van der Waals surface area contributed by atoms with E-state index in [0.717, 1.165) is 25.0 Å². The SMILES string of the molecule is N=C=O.N=C=O.NCCCCC(N)C(=O)O. The maximum absolute atomic E-state index is 10.1. The zero-order valence-electron chi connectivity index (χ0n) is 8.73. The summed E-state index contributed by atoms with van der Waals surface area (Å²) in [7, 11) is 0. The van der Waals surface area contributed by atoms with Crippen LogP contribution >= 0.6 is 0 Å². The maximum atomic E-state index is 10.1. The van der Waals surface area contributed by atoms with E-state index >= 15 is 0 Å². The van der Waals surface area contributed by atoms with Crippen LogP contribution in [0.3, 0.4) is 0 Å². The summed E-state index contributed by atoms with van der Waals surface area (Å²) >= 11 is 0. The Bertz CT molecular complexity index is 220. The minimum Gasteiger partial charge on any atom is -0.480 e. The summed E-state index contributed by atoms with van der Waals surface area (Å²) in [6.45, 7) is 0.604. The van der Waals surface area contributed by atoms with Crippen LogP contribution in [0.5, 0.6) is 0 Å². The summed E-state index contributed by atoms with van der Waals surface area (Å²) in [5.74, 6) is -0.933. The lowest BCUT2D eigenvalue weighted by molar-refractivity contribution is -0.138. The lowest BCUT2D eigenvalue weighted by atomic mass is 10.1. The van der Waals surface area contributed by atoms with Gasteiger partial charge in [-0.3, -0.25) is 4.79 Å². The molecule has 1 unspecified atom stereocenters. The molecule has 0 aromatic rings. The van der Waals surface area contributed by atoms with E-state index < -0.39 is 12.0 Å².